The highest BCUT2D eigenvalue weighted by atomic mass is 16.5. The molecule has 3 aliphatic rings. The number of likely N-dealkylation sites (N-methyl/N-ethyl adjacent to an activating group) is 1. The van der Waals surface area contributed by atoms with Crippen LogP contribution in [0, 0.1) is 11.3 Å². The molecule has 0 spiro atoms. The summed E-state index contributed by atoms with van der Waals surface area (Å²) in [7, 11) is 3.31. The molecular formula is C55H76N8O7. The second-order valence-electron chi connectivity index (χ2n) is 20.0. The summed E-state index contributed by atoms with van der Waals surface area (Å²) < 4.78 is 14.0. The molecule has 70 heavy (non-hydrogen) atoms. The van der Waals surface area contributed by atoms with E-state index in [4.69, 9.17) is 14.5 Å². The molecule has 2 saturated heterocycles. The van der Waals surface area contributed by atoms with Gasteiger partial charge in [0.25, 0.3) is 5.91 Å². The minimum absolute atomic E-state index is 0.0764. The van der Waals surface area contributed by atoms with E-state index in [-0.39, 0.29) is 48.7 Å². The first-order valence-corrected chi connectivity index (χ1v) is 25.1. The summed E-state index contributed by atoms with van der Waals surface area (Å²) in [6.45, 7) is 22.8. The molecule has 0 radical (unpaired) electrons. The average Bonchev–Trinajstić information content (AvgIpc) is 4.01. The number of benzene rings is 2. The number of hydrazine groups is 1. The summed E-state index contributed by atoms with van der Waals surface area (Å²) in [6, 6.07) is 15.5. The van der Waals surface area contributed by atoms with E-state index in [1.807, 2.05) is 37.8 Å². The molecule has 3 aliphatic heterocycles. The van der Waals surface area contributed by atoms with E-state index >= 15 is 0 Å². The Bertz CT molecular complexity index is 2500. The van der Waals surface area contributed by atoms with Crippen LogP contribution in [0.1, 0.15) is 108 Å². The van der Waals surface area contributed by atoms with Gasteiger partial charge in [-0.1, -0.05) is 64.6 Å². The van der Waals surface area contributed by atoms with Crippen LogP contribution in [-0.2, 0) is 65.8 Å². The van der Waals surface area contributed by atoms with Crippen LogP contribution < -0.4 is 16.1 Å². The van der Waals surface area contributed by atoms with Crippen molar-refractivity contribution in [3.05, 3.63) is 89.3 Å². The highest BCUT2D eigenvalue weighted by molar-refractivity contribution is 5.96. The first-order chi connectivity index (χ1) is 33.5. The normalized spacial score (nSPS) is 16.1. The lowest BCUT2D eigenvalue weighted by atomic mass is 9.83. The Morgan fingerprint density at radius 1 is 0.986 bits per heavy atom. The summed E-state index contributed by atoms with van der Waals surface area (Å²) in [5.41, 5.74) is 13.2. The fraction of sp³-hybridized carbons (Fsp3) is 0.527. The maximum absolute atomic E-state index is 14.1. The number of hydrogen-bond donors (Lipinski definition) is 3. The molecule has 0 aliphatic carbocycles. The lowest BCUT2D eigenvalue weighted by Gasteiger charge is -2.33. The van der Waals surface area contributed by atoms with Crippen LogP contribution in [0.2, 0.25) is 0 Å². The third-order valence-electron chi connectivity index (χ3n) is 13.7. The van der Waals surface area contributed by atoms with Crippen molar-refractivity contribution in [3.63, 3.8) is 0 Å². The van der Waals surface area contributed by atoms with Crippen LogP contribution >= 0.6 is 0 Å². The van der Waals surface area contributed by atoms with E-state index in [1.54, 1.807) is 19.2 Å². The van der Waals surface area contributed by atoms with Crippen molar-refractivity contribution in [2.45, 2.75) is 125 Å². The number of rotatable bonds is 18. The van der Waals surface area contributed by atoms with Gasteiger partial charge in [-0.3, -0.25) is 34.0 Å². The first kappa shape index (κ1) is 53.5. The van der Waals surface area contributed by atoms with Crippen LogP contribution in [0.3, 0.4) is 0 Å². The number of nitrogens with zero attached hydrogens (tertiary/aromatic N) is 5. The third kappa shape index (κ3) is 12.9. The zero-order chi connectivity index (χ0) is 50.7. The number of aromatic nitrogens is 2. The van der Waals surface area contributed by atoms with Crippen molar-refractivity contribution in [3.8, 4) is 22.4 Å². The van der Waals surface area contributed by atoms with Gasteiger partial charge in [-0.25, -0.2) is 5.43 Å². The standard InChI is InChI=1S/C48H65N7O6.C7H11NO/c1-10-54-42-17-16-35(34-15-13-14-33(22-34)23-40(47(59)55-21-12-11-19-50-55)52-46(58)44(30(2)3)53(8)29-56)24-37(42)39(26-48(6,7)28-61-32(5)57)45(54)38-25-36-18-20-49-27-41(36)51-43(38)31(4)60-9;1-2-7(9)8-5-3-4-6-8/h13-17,22,24-25,29-31,40,44,49-50H,10-12,18-21,23,26-28H2,1-9H3,(H,52,58);2H,1,3-6H2. The topological polar surface area (TPSA) is 167 Å². The predicted molar refractivity (Wildman–Crippen MR) is 274 cm³/mol. The van der Waals surface area contributed by atoms with E-state index < -0.39 is 17.5 Å². The fourth-order valence-electron chi connectivity index (χ4n) is 9.99. The molecular weight excluding hydrogens is 885 g/mol. The van der Waals surface area contributed by atoms with E-state index in [2.05, 4.69) is 84.4 Å². The van der Waals surface area contributed by atoms with Gasteiger partial charge in [0.05, 0.1) is 29.8 Å². The Kier molecular flexibility index (Phi) is 18.5. The summed E-state index contributed by atoms with van der Waals surface area (Å²) >= 11 is 0. The third-order valence-corrected chi connectivity index (χ3v) is 13.7. The van der Waals surface area contributed by atoms with E-state index in [0.29, 0.717) is 32.5 Å². The molecule has 0 saturated carbocycles. The molecule has 3 unspecified atom stereocenters. The molecule has 2 aromatic heterocycles. The molecule has 15 heteroatoms. The number of ether oxygens (including phenoxy) is 2. The highest BCUT2D eigenvalue weighted by Gasteiger charge is 2.34. The van der Waals surface area contributed by atoms with Gasteiger partial charge in [0.2, 0.25) is 18.2 Å². The minimum Gasteiger partial charge on any atom is -0.465 e. The summed E-state index contributed by atoms with van der Waals surface area (Å²) in [4.78, 5) is 70.9. The zero-order valence-electron chi connectivity index (χ0n) is 43.0. The van der Waals surface area contributed by atoms with Crippen molar-refractivity contribution >= 4 is 41.0 Å². The van der Waals surface area contributed by atoms with Gasteiger partial charge in [-0.15, -0.1) is 0 Å². The second-order valence-corrected chi connectivity index (χ2v) is 20.0. The van der Waals surface area contributed by atoms with Crippen molar-refractivity contribution in [2.24, 2.45) is 11.3 Å². The number of hydrogen-bond acceptors (Lipinski definition) is 10. The van der Waals surface area contributed by atoms with Gasteiger partial charge in [0.1, 0.15) is 12.1 Å². The Labute approximate surface area is 414 Å². The number of amides is 4. The molecule has 378 valence electrons. The quantitative estimate of drug-likeness (QED) is 0.0541. The van der Waals surface area contributed by atoms with Crippen LogP contribution in [0.15, 0.2) is 61.2 Å². The SMILES string of the molecule is C=CC(=O)N1CCCC1.CCn1c(-c2cc3c(nc2C(C)OC)CNCC3)c(CC(C)(C)COC(C)=O)c2cc(-c3cccc(CC(NC(=O)C(C(C)C)N(C)C=O)C(=O)N4CCCCN4)c3)ccc21. The van der Waals surface area contributed by atoms with Gasteiger partial charge < -0.3 is 34.5 Å². The lowest BCUT2D eigenvalue weighted by molar-refractivity contribution is -0.144. The Balaban J connectivity index is 0.000000802. The molecule has 5 heterocycles. The van der Waals surface area contributed by atoms with Crippen LogP contribution in [0.5, 0.6) is 0 Å². The summed E-state index contributed by atoms with van der Waals surface area (Å²) in [5.74, 6) is -0.962. The van der Waals surface area contributed by atoms with Crippen molar-refractivity contribution in [1.29, 1.82) is 0 Å². The van der Waals surface area contributed by atoms with E-state index in [1.165, 1.54) is 23.5 Å². The molecule has 7 rings (SSSR count). The van der Waals surface area contributed by atoms with Gasteiger partial charge in [-0.2, -0.15) is 0 Å². The molecule has 3 N–H and O–H groups in total. The average molecular weight is 961 g/mol. The molecule has 3 atom stereocenters. The number of carbonyl (C=O) groups excluding carboxylic acids is 5. The number of methoxy groups -OCH3 is 1. The van der Waals surface area contributed by atoms with E-state index in [0.717, 1.165) is 114 Å². The number of aryl methyl sites for hydroxylation is 1. The Morgan fingerprint density at radius 2 is 1.71 bits per heavy atom. The number of nitrogens with one attached hydrogen (secondary N) is 3. The first-order valence-electron chi connectivity index (χ1n) is 25.1. The van der Waals surface area contributed by atoms with Crippen LogP contribution in [0.25, 0.3) is 33.3 Å². The number of esters is 1. The van der Waals surface area contributed by atoms with Gasteiger partial charge >= 0.3 is 5.97 Å². The van der Waals surface area contributed by atoms with E-state index in [9.17, 15) is 24.0 Å². The highest BCUT2D eigenvalue weighted by Crippen LogP contribution is 2.43. The predicted octanol–water partition coefficient (Wildman–Crippen LogP) is 6.94. The summed E-state index contributed by atoms with van der Waals surface area (Å²) in [5, 5.41) is 9.22. The number of likely N-dealkylation sites (tertiary alicyclic amines) is 1. The second kappa shape index (κ2) is 24.3. The lowest BCUT2D eigenvalue weighted by Crippen LogP contribution is -2.58. The largest absolute Gasteiger partial charge is 0.465 e. The molecule has 15 nitrogen and oxygen atoms in total. The van der Waals surface area contributed by atoms with Crippen molar-refractivity contribution in [1.82, 2.24) is 40.4 Å². The maximum Gasteiger partial charge on any atom is 0.302 e. The maximum atomic E-state index is 14.1. The number of carbonyl (C=O) groups is 5. The van der Waals surface area contributed by atoms with Crippen molar-refractivity contribution in [2.75, 3.05) is 53.5 Å². The Morgan fingerprint density at radius 3 is 2.36 bits per heavy atom. The summed E-state index contributed by atoms with van der Waals surface area (Å²) in [6.07, 6.45) is 7.71. The number of fused-ring (bicyclic) bond motifs is 2. The van der Waals surface area contributed by atoms with Gasteiger partial charge in [0, 0.05) is 88.7 Å². The number of pyridine rings is 1. The Hall–Kier alpha value is -5.90. The minimum atomic E-state index is -0.853. The molecule has 2 fully saturated rings. The van der Waals surface area contributed by atoms with Crippen LogP contribution in [0.4, 0.5) is 0 Å². The smallest absolute Gasteiger partial charge is 0.302 e. The molecule has 0 bridgehead atoms. The molecule has 2 aromatic carbocycles. The van der Waals surface area contributed by atoms with Crippen molar-refractivity contribution < 1.29 is 33.4 Å². The van der Waals surface area contributed by atoms with Gasteiger partial charge in [0.15, 0.2) is 0 Å². The zero-order valence-corrected chi connectivity index (χ0v) is 43.0. The molecule has 4 aromatic rings. The fourth-order valence-corrected chi connectivity index (χ4v) is 9.99. The molecule has 4 amide bonds. The van der Waals surface area contributed by atoms with Gasteiger partial charge in [-0.05, 0) is 117 Å². The van der Waals surface area contributed by atoms with Crippen LogP contribution in [-0.4, -0.2) is 120 Å². The monoisotopic (exact) mass is 961 g/mol.